The molecule has 0 radical (unpaired) electrons. The molecule has 1 aromatic heterocycles. The summed E-state index contributed by atoms with van der Waals surface area (Å²) in [5.41, 5.74) is 0.664. The summed E-state index contributed by atoms with van der Waals surface area (Å²) in [6.07, 6.45) is 0. The monoisotopic (exact) mass is 339 g/mol. The standard InChI is InChI=1S/C15H21N3O4S/c1-15(2,3)13-9-14(17-16-13)18-23(19,20)12-8-10(21-4)6-7-11(12)22-5/h6-9H,1-5H3,(H2,16,17,18). The Labute approximate surface area is 136 Å². The van der Waals surface area contributed by atoms with Crippen molar-refractivity contribution >= 4 is 15.8 Å². The van der Waals surface area contributed by atoms with Crippen molar-refractivity contribution in [3.8, 4) is 11.5 Å². The summed E-state index contributed by atoms with van der Waals surface area (Å²) in [7, 11) is -0.981. The van der Waals surface area contributed by atoms with Gasteiger partial charge < -0.3 is 9.47 Å². The summed E-state index contributed by atoms with van der Waals surface area (Å²) >= 11 is 0. The molecule has 0 fully saturated rings. The Bertz CT molecular complexity index is 791. The summed E-state index contributed by atoms with van der Waals surface area (Å²) in [6, 6.07) is 6.24. The molecule has 126 valence electrons. The van der Waals surface area contributed by atoms with Crippen LogP contribution in [-0.4, -0.2) is 32.8 Å². The van der Waals surface area contributed by atoms with Crippen molar-refractivity contribution < 1.29 is 17.9 Å². The van der Waals surface area contributed by atoms with Gasteiger partial charge in [-0.05, 0) is 12.1 Å². The van der Waals surface area contributed by atoms with Gasteiger partial charge >= 0.3 is 0 Å². The number of H-pyrrole nitrogens is 1. The van der Waals surface area contributed by atoms with Crippen LogP contribution in [0.1, 0.15) is 26.5 Å². The predicted molar refractivity (Wildman–Crippen MR) is 87.6 cm³/mol. The van der Waals surface area contributed by atoms with E-state index in [-0.39, 0.29) is 21.9 Å². The quantitative estimate of drug-likeness (QED) is 0.873. The SMILES string of the molecule is COc1ccc(OC)c(S(=O)(=O)Nc2cc(C(C)(C)C)[nH]n2)c1. The van der Waals surface area contributed by atoms with Gasteiger partial charge in [0.1, 0.15) is 16.4 Å². The maximum absolute atomic E-state index is 12.6. The topological polar surface area (TPSA) is 93.3 Å². The van der Waals surface area contributed by atoms with Gasteiger partial charge in [-0.3, -0.25) is 9.82 Å². The fourth-order valence-electron chi connectivity index (χ4n) is 1.94. The van der Waals surface area contributed by atoms with Gasteiger partial charge in [-0.15, -0.1) is 0 Å². The van der Waals surface area contributed by atoms with Crippen LogP contribution in [0.15, 0.2) is 29.2 Å². The van der Waals surface area contributed by atoms with Gasteiger partial charge in [0.25, 0.3) is 10.0 Å². The van der Waals surface area contributed by atoms with Crippen molar-refractivity contribution in [2.45, 2.75) is 31.1 Å². The number of nitrogens with one attached hydrogen (secondary N) is 2. The van der Waals surface area contributed by atoms with E-state index in [1.54, 1.807) is 18.2 Å². The van der Waals surface area contributed by atoms with Gasteiger partial charge in [0, 0.05) is 23.2 Å². The molecule has 2 aromatic rings. The van der Waals surface area contributed by atoms with Gasteiger partial charge in [-0.25, -0.2) is 8.42 Å². The summed E-state index contributed by atoms with van der Waals surface area (Å²) < 4.78 is 37.9. The smallest absolute Gasteiger partial charge is 0.266 e. The second-order valence-electron chi connectivity index (χ2n) is 6.04. The third kappa shape index (κ3) is 3.76. The Balaban J connectivity index is 2.37. The summed E-state index contributed by atoms with van der Waals surface area (Å²) in [5, 5.41) is 6.84. The van der Waals surface area contributed by atoms with Crippen molar-refractivity contribution in [3.63, 3.8) is 0 Å². The van der Waals surface area contributed by atoms with E-state index in [2.05, 4.69) is 14.9 Å². The molecule has 1 aromatic carbocycles. The lowest BCUT2D eigenvalue weighted by Gasteiger charge is -2.14. The minimum absolute atomic E-state index is 0.0142. The Hall–Kier alpha value is -2.22. The second kappa shape index (κ2) is 6.11. The molecule has 1 heterocycles. The highest BCUT2D eigenvalue weighted by atomic mass is 32.2. The number of rotatable bonds is 5. The zero-order valence-electron chi connectivity index (χ0n) is 13.8. The first kappa shape index (κ1) is 17.1. The Morgan fingerprint density at radius 2 is 1.83 bits per heavy atom. The molecule has 0 aliphatic carbocycles. The van der Waals surface area contributed by atoms with E-state index < -0.39 is 10.0 Å². The third-order valence-corrected chi connectivity index (χ3v) is 4.66. The Kier molecular flexibility index (Phi) is 4.56. The summed E-state index contributed by atoms with van der Waals surface area (Å²) in [6.45, 7) is 6.01. The van der Waals surface area contributed by atoms with Gasteiger partial charge in [0.05, 0.1) is 14.2 Å². The van der Waals surface area contributed by atoms with Crippen LogP contribution in [0.3, 0.4) is 0 Å². The lowest BCUT2D eigenvalue weighted by molar-refractivity contribution is 0.392. The first-order valence-electron chi connectivity index (χ1n) is 6.98. The molecule has 0 bridgehead atoms. The van der Waals surface area contributed by atoms with E-state index in [0.29, 0.717) is 5.75 Å². The number of anilines is 1. The van der Waals surface area contributed by atoms with Crippen molar-refractivity contribution in [2.75, 3.05) is 18.9 Å². The number of nitrogens with zero attached hydrogens (tertiary/aromatic N) is 1. The van der Waals surface area contributed by atoms with E-state index in [9.17, 15) is 8.42 Å². The molecular formula is C15H21N3O4S. The lowest BCUT2D eigenvalue weighted by atomic mass is 9.92. The molecular weight excluding hydrogens is 318 g/mol. The fraction of sp³-hybridized carbons (Fsp3) is 0.400. The van der Waals surface area contributed by atoms with Crippen molar-refractivity contribution in [2.24, 2.45) is 0 Å². The minimum atomic E-state index is -3.86. The molecule has 0 saturated carbocycles. The van der Waals surface area contributed by atoms with Crippen molar-refractivity contribution in [1.82, 2.24) is 10.2 Å². The van der Waals surface area contributed by atoms with Crippen LogP contribution in [0.4, 0.5) is 5.82 Å². The van der Waals surface area contributed by atoms with E-state index in [0.717, 1.165) is 5.69 Å². The van der Waals surface area contributed by atoms with Gasteiger partial charge in [0.15, 0.2) is 5.82 Å². The molecule has 2 N–H and O–H groups in total. The second-order valence-corrected chi connectivity index (χ2v) is 7.69. The normalized spacial score (nSPS) is 12.0. The largest absolute Gasteiger partial charge is 0.497 e. The number of ether oxygens (including phenoxy) is 2. The third-order valence-electron chi connectivity index (χ3n) is 3.29. The van der Waals surface area contributed by atoms with Crippen LogP contribution >= 0.6 is 0 Å². The molecule has 8 heteroatoms. The average Bonchev–Trinajstić information content (AvgIpc) is 2.94. The molecule has 23 heavy (non-hydrogen) atoms. The Morgan fingerprint density at radius 1 is 1.13 bits per heavy atom. The highest BCUT2D eigenvalue weighted by Crippen LogP contribution is 2.30. The van der Waals surface area contributed by atoms with Crippen molar-refractivity contribution in [3.05, 3.63) is 30.0 Å². The van der Waals surface area contributed by atoms with E-state index in [4.69, 9.17) is 9.47 Å². The first-order valence-corrected chi connectivity index (χ1v) is 8.46. The highest BCUT2D eigenvalue weighted by molar-refractivity contribution is 7.92. The number of methoxy groups -OCH3 is 2. The summed E-state index contributed by atoms with van der Waals surface area (Å²) in [4.78, 5) is -0.0142. The maximum atomic E-state index is 12.6. The van der Waals surface area contributed by atoms with E-state index in [1.165, 1.54) is 20.3 Å². The van der Waals surface area contributed by atoms with Crippen LogP contribution in [0.2, 0.25) is 0 Å². The maximum Gasteiger partial charge on any atom is 0.266 e. The molecule has 7 nitrogen and oxygen atoms in total. The van der Waals surface area contributed by atoms with Crippen LogP contribution in [0.5, 0.6) is 11.5 Å². The zero-order chi connectivity index (χ0) is 17.3. The molecule has 0 unspecified atom stereocenters. The first-order chi connectivity index (χ1) is 10.7. The predicted octanol–water partition coefficient (Wildman–Crippen LogP) is 2.53. The fourth-order valence-corrected chi connectivity index (χ4v) is 3.12. The molecule has 0 spiro atoms. The van der Waals surface area contributed by atoms with Crippen LogP contribution in [-0.2, 0) is 15.4 Å². The van der Waals surface area contributed by atoms with Gasteiger partial charge in [-0.2, -0.15) is 5.10 Å². The van der Waals surface area contributed by atoms with Gasteiger partial charge in [-0.1, -0.05) is 20.8 Å². The molecule has 0 aliphatic heterocycles. The van der Waals surface area contributed by atoms with Crippen LogP contribution < -0.4 is 14.2 Å². The number of hydrogen-bond donors (Lipinski definition) is 2. The molecule has 2 rings (SSSR count). The number of aromatic nitrogens is 2. The van der Waals surface area contributed by atoms with Crippen LogP contribution in [0, 0.1) is 0 Å². The van der Waals surface area contributed by atoms with E-state index >= 15 is 0 Å². The van der Waals surface area contributed by atoms with Gasteiger partial charge in [0.2, 0.25) is 0 Å². The average molecular weight is 339 g/mol. The lowest BCUT2D eigenvalue weighted by Crippen LogP contribution is -2.14. The minimum Gasteiger partial charge on any atom is -0.497 e. The molecule has 0 amide bonds. The number of hydrogen-bond acceptors (Lipinski definition) is 5. The molecule has 0 saturated heterocycles. The van der Waals surface area contributed by atoms with Crippen LogP contribution in [0.25, 0.3) is 0 Å². The summed E-state index contributed by atoms with van der Waals surface area (Å²) in [5.74, 6) is 0.869. The van der Waals surface area contributed by atoms with E-state index in [1.807, 2.05) is 20.8 Å². The number of benzene rings is 1. The Morgan fingerprint density at radius 3 is 2.35 bits per heavy atom. The number of sulfonamides is 1. The highest BCUT2D eigenvalue weighted by Gasteiger charge is 2.23. The molecule has 0 atom stereocenters. The molecule has 0 aliphatic rings. The zero-order valence-corrected chi connectivity index (χ0v) is 14.6. The number of aromatic amines is 1. The van der Waals surface area contributed by atoms with Crippen molar-refractivity contribution in [1.29, 1.82) is 0 Å².